The highest BCUT2D eigenvalue weighted by molar-refractivity contribution is 7.25. The van der Waals surface area contributed by atoms with Crippen LogP contribution >= 0.6 is 11.3 Å². The van der Waals surface area contributed by atoms with Crippen molar-refractivity contribution in [1.29, 1.82) is 0 Å². The first-order valence-corrected chi connectivity index (χ1v) is 26.1. The summed E-state index contributed by atoms with van der Waals surface area (Å²) < 4.78 is 5.10. The van der Waals surface area contributed by atoms with E-state index in [1.54, 1.807) is 0 Å². The summed E-state index contributed by atoms with van der Waals surface area (Å²) in [4.78, 5) is 2.40. The lowest BCUT2D eigenvalue weighted by atomic mass is 9.92. The molecule has 2 nitrogen and oxygen atoms in total. The second kappa shape index (κ2) is 18.0. The molecular weight excluding hydrogens is 901 g/mol. The van der Waals surface area contributed by atoms with Crippen molar-refractivity contribution in [2.45, 2.75) is 12.3 Å². The van der Waals surface area contributed by atoms with Crippen molar-refractivity contribution in [3.05, 3.63) is 279 Å². The van der Waals surface area contributed by atoms with Gasteiger partial charge in [-0.1, -0.05) is 200 Å². The minimum atomic E-state index is 0.382. The van der Waals surface area contributed by atoms with Gasteiger partial charge in [-0.25, -0.2) is 0 Å². The van der Waals surface area contributed by atoms with E-state index in [9.17, 15) is 0 Å². The zero-order valence-corrected chi connectivity index (χ0v) is 40.9. The summed E-state index contributed by atoms with van der Waals surface area (Å²) in [6.45, 7) is 0. The Morgan fingerprint density at radius 1 is 0.384 bits per heavy atom. The van der Waals surface area contributed by atoms with Gasteiger partial charge in [-0.2, -0.15) is 0 Å². The van der Waals surface area contributed by atoms with Crippen molar-refractivity contribution in [2.24, 2.45) is 0 Å². The molecule has 0 bridgehead atoms. The summed E-state index contributed by atoms with van der Waals surface area (Å²) in [5.74, 6) is 0.382. The van der Waals surface area contributed by atoms with Crippen LogP contribution in [-0.4, -0.2) is 4.57 Å². The number of hydrogen-bond acceptors (Lipinski definition) is 2. The number of aromatic nitrogens is 1. The molecule has 11 aromatic carbocycles. The highest BCUT2D eigenvalue weighted by Crippen LogP contribution is 2.45. The third kappa shape index (κ3) is 7.56. The number of fused-ring (bicyclic) bond motifs is 7. The molecule has 0 fully saturated rings. The van der Waals surface area contributed by atoms with Crippen LogP contribution in [0.5, 0.6) is 0 Å². The van der Waals surface area contributed by atoms with E-state index < -0.39 is 0 Å². The molecule has 73 heavy (non-hydrogen) atoms. The molecule has 2 aromatic heterocycles. The van der Waals surface area contributed by atoms with E-state index in [1.807, 2.05) is 11.3 Å². The van der Waals surface area contributed by atoms with E-state index in [0.29, 0.717) is 5.92 Å². The molecule has 14 rings (SSSR count). The van der Waals surface area contributed by atoms with Crippen molar-refractivity contribution in [2.75, 3.05) is 4.90 Å². The Bertz CT molecular complexity index is 4280. The zero-order chi connectivity index (χ0) is 48.2. The quantitative estimate of drug-likeness (QED) is 0.140. The molecule has 1 aliphatic carbocycles. The number of para-hydroxylation sites is 1. The van der Waals surface area contributed by atoms with Crippen LogP contribution in [0, 0.1) is 0 Å². The number of hydrogen-bond donors (Lipinski definition) is 0. The van der Waals surface area contributed by atoms with Gasteiger partial charge >= 0.3 is 0 Å². The number of anilines is 3. The largest absolute Gasteiger partial charge is 0.310 e. The van der Waals surface area contributed by atoms with Crippen LogP contribution in [0.3, 0.4) is 0 Å². The third-order valence-corrected chi connectivity index (χ3v) is 16.1. The predicted octanol–water partition coefficient (Wildman–Crippen LogP) is 20.0. The van der Waals surface area contributed by atoms with E-state index in [4.69, 9.17) is 0 Å². The molecule has 1 atom stereocenters. The minimum absolute atomic E-state index is 0.382. The number of rotatable bonds is 9. The molecule has 2 heterocycles. The molecule has 1 aliphatic rings. The van der Waals surface area contributed by atoms with Gasteiger partial charge in [0.1, 0.15) is 0 Å². The normalized spacial score (nSPS) is 13.5. The molecule has 0 amide bonds. The first-order chi connectivity index (χ1) is 36.2. The summed E-state index contributed by atoms with van der Waals surface area (Å²) >= 11 is 1.87. The molecule has 0 saturated heterocycles. The fraction of sp³-hybridized carbons (Fsp3) is 0.0286. The van der Waals surface area contributed by atoms with E-state index in [-0.39, 0.29) is 0 Å². The highest BCUT2D eigenvalue weighted by Gasteiger charge is 2.21. The second-order valence-corrected chi connectivity index (χ2v) is 20.2. The van der Waals surface area contributed by atoms with Gasteiger partial charge in [0.05, 0.1) is 16.7 Å². The Hall–Kier alpha value is -9.02. The number of allylic oxidation sites excluding steroid dienone is 4. The maximum absolute atomic E-state index is 2.49. The monoisotopic (exact) mass is 948 g/mol. The van der Waals surface area contributed by atoms with Gasteiger partial charge in [-0.05, 0) is 140 Å². The molecule has 0 N–H and O–H groups in total. The minimum Gasteiger partial charge on any atom is -0.310 e. The Morgan fingerprint density at radius 3 is 1.81 bits per heavy atom. The molecule has 13 aromatic rings. The van der Waals surface area contributed by atoms with Crippen molar-refractivity contribution >= 4 is 81.1 Å². The number of benzene rings is 11. The Kier molecular flexibility index (Phi) is 10.6. The van der Waals surface area contributed by atoms with Gasteiger partial charge in [-0.15, -0.1) is 11.3 Å². The van der Waals surface area contributed by atoms with Crippen LogP contribution in [0.1, 0.15) is 17.9 Å². The van der Waals surface area contributed by atoms with E-state index in [2.05, 4.69) is 282 Å². The summed E-state index contributed by atoms with van der Waals surface area (Å²) in [6.07, 6.45) is 9.90. The van der Waals surface area contributed by atoms with Gasteiger partial charge in [0.15, 0.2) is 0 Å². The maximum Gasteiger partial charge on any atom is 0.0555 e. The van der Waals surface area contributed by atoms with E-state index in [1.165, 1.54) is 103 Å². The third-order valence-electron chi connectivity index (χ3n) is 14.9. The van der Waals surface area contributed by atoms with Crippen LogP contribution in [0.15, 0.2) is 273 Å². The van der Waals surface area contributed by atoms with Crippen molar-refractivity contribution in [3.8, 4) is 50.2 Å². The molecule has 0 spiro atoms. The van der Waals surface area contributed by atoms with Crippen LogP contribution in [-0.2, 0) is 0 Å². The topological polar surface area (TPSA) is 8.17 Å². The lowest BCUT2D eigenvalue weighted by Gasteiger charge is -2.27. The van der Waals surface area contributed by atoms with E-state index >= 15 is 0 Å². The van der Waals surface area contributed by atoms with Crippen LogP contribution in [0.25, 0.3) is 103 Å². The molecule has 3 heteroatoms. The Labute approximate surface area is 429 Å². The van der Waals surface area contributed by atoms with Crippen LogP contribution < -0.4 is 4.90 Å². The fourth-order valence-corrected chi connectivity index (χ4v) is 12.5. The average molecular weight is 949 g/mol. The lowest BCUT2D eigenvalue weighted by Crippen LogP contribution is -2.10. The van der Waals surface area contributed by atoms with Crippen molar-refractivity contribution in [3.63, 3.8) is 0 Å². The summed E-state index contributed by atoms with van der Waals surface area (Å²) in [5.41, 5.74) is 17.9. The zero-order valence-electron chi connectivity index (χ0n) is 40.1. The van der Waals surface area contributed by atoms with Gasteiger partial charge in [0, 0.05) is 53.9 Å². The number of nitrogens with zero attached hydrogens (tertiary/aromatic N) is 2. The first kappa shape index (κ1) is 42.8. The maximum atomic E-state index is 2.49. The summed E-state index contributed by atoms with van der Waals surface area (Å²) in [5, 5.41) is 7.65. The Morgan fingerprint density at radius 2 is 0.986 bits per heavy atom. The number of thiophene rings is 1. The molecule has 0 radical (unpaired) electrons. The molecule has 0 aliphatic heterocycles. The molecular formula is C70H48N2S. The fourth-order valence-electron chi connectivity index (χ4n) is 11.4. The standard InChI is InChI=1S/C70H48N2S/c1-2-15-47(16-3-1)49-37-41-56(42-38-49)71(57-43-39-50(40-44-57)48-33-35-52(36-34-48)60-26-12-18-51-17-4-5-23-59(51)60)58-22-11-20-54(46-58)53-19-10-21-55(45-53)61-27-13-29-65-69(61)62-24-6-8-28-64(62)72(65)66-30-14-32-68-70(66)63-25-7-9-31-67(63)73-68/h1-15,17-47H,16H2. The van der Waals surface area contributed by atoms with Gasteiger partial charge < -0.3 is 9.47 Å². The molecule has 0 saturated carbocycles. The highest BCUT2D eigenvalue weighted by atomic mass is 32.1. The van der Waals surface area contributed by atoms with Gasteiger partial charge in [-0.3, -0.25) is 0 Å². The smallest absolute Gasteiger partial charge is 0.0555 e. The average Bonchev–Trinajstić information content (AvgIpc) is 4.03. The van der Waals surface area contributed by atoms with Crippen LogP contribution in [0.2, 0.25) is 0 Å². The van der Waals surface area contributed by atoms with Gasteiger partial charge in [0.2, 0.25) is 0 Å². The summed E-state index contributed by atoms with van der Waals surface area (Å²) in [7, 11) is 0. The second-order valence-electron chi connectivity index (χ2n) is 19.2. The van der Waals surface area contributed by atoms with Gasteiger partial charge in [0.25, 0.3) is 0 Å². The van der Waals surface area contributed by atoms with E-state index in [0.717, 1.165) is 29.0 Å². The van der Waals surface area contributed by atoms with Crippen molar-refractivity contribution < 1.29 is 0 Å². The van der Waals surface area contributed by atoms with Crippen LogP contribution in [0.4, 0.5) is 17.1 Å². The lowest BCUT2D eigenvalue weighted by molar-refractivity contribution is 0.854. The summed E-state index contributed by atoms with van der Waals surface area (Å²) in [6, 6.07) is 91.8. The first-order valence-electron chi connectivity index (χ1n) is 25.3. The van der Waals surface area contributed by atoms with Crippen molar-refractivity contribution in [1.82, 2.24) is 4.57 Å². The Balaban J connectivity index is 0.837. The molecule has 1 unspecified atom stereocenters. The predicted molar refractivity (Wildman–Crippen MR) is 313 cm³/mol. The molecule has 344 valence electrons. The SMILES string of the molecule is C1=CCC(c2ccc(N(c3ccc(-c4ccc(-c5cccc6ccccc56)cc4)cc3)c3cccc(-c4cccc(-c5cccc6c5c5ccccc5n6-c5cccc6sc7ccccc7c56)c4)c3)cc2)C=C1.